The van der Waals surface area contributed by atoms with E-state index < -0.39 is 29.7 Å². The van der Waals surface area contributed by atoms with Crippen LogP contribution in [0, 0.1) is 5.82 Å². The fourth-order valence-corrected chi connectivity index (χ4v) is 3.12. The number of likely N-dealkylation sites (tertiary alicyclic amines) is 1. The van der Waals surface area contributed by atoms with Crippen molar-refractivity contribution in [1.29, 1.82) is 0 Å². The second-order valence-corrected chi connectivity index (χ2v) is 6.19. The predicted octanol–water partition coefficient (Wildman–Crippen LogP) is 2.63. The first-order chi connectivity index (χ1) is 12.4. The summed E-state index contributed by atoms with van der Waals surface area (Å²) >= 11 is 0. The second-order valence-electron chi connectivity index (χ2n) is 6.19. The molecule has 1 saturated heterocycles. The van der Waals surface area contributed by atoms with Gasteiger partial charge in [0.05, 0.1) is 17.7 Å². The lowest BCUT2D eigenvalue weighted by atomic mass is 9.95. The Bertz CT molecular complexity index is 876. The van der Waals surface area contributed by atoms with Crippen LogP contribution in [0.4, 0.5) is 4.39 Å². The number of nitrogens with zero attached hydrogens (tertiary/aromatic N) is 1. The summed E-state index contributed by atoms with van der Waals surface area (Å²) in [6.45, 7) is 1.31. The summed E-state index contributed by atoms with van der Waals surface area (Å²) in [5, 5.41) is 20.4. The van der Waals surface area contributed by atoms with E-state index in [1.807, 2.05) is 0 Å². The third-order valence-electron chi connectivity index (χ3n) is 4.25. The van der Waals surface area contributed by atoms with Gasteiger partial charge in [0, 0.05) is 17.7 Å². The number of Topliss-reactive ketones (excluding diaryl/α,β-unsaturated/α-hetero) is 1. The quantitative estimate of drug-likeness (QED) is 0.502. The average Bonchev–Trinajstić information content (AvgIpc) is 2.87. The number of carbonyl (C=O) groups is 2. The number of carbonyl (C=O) groups excluding carboxylic acids is 2. The molecule has 0 saturated carbocycles. The maximum absolute atomic E-state index is 14.4. The molecule has 134 valence electrons. The molecule has 1 heterocycles. The molecule has 0 radical (unpaired) electrons. The number of benzene rings is 2. The van der Waals surface area contributed by atoms with Gasteiger partial charge >= 0.3 is 0 Å². The molecule has 1 aliphatic rings. The monoisotopic (exact) mass is 355 g/mol. The average molecular weight is 355 g/mol. The van der Waals surface area contributed by atoms with Crippen LogP contribution in [0.3, 0.4) is 0 Å². The van der Waals surface area contributed by atoms with Crippen LogP contribution in [0.5, 0.6) is 0 Å². The zero-order valence-corrected chi connectivity index (χ0v) is 14.1. The van der Waals surface area contributed by atoms with E-state index in [0.29, 0.717) is 5.56 Å². The Labute approximate surface area is 150 Å². The lowest BCUT2D eigenvalue weighted by molar-refractivity contribution is -0.140. The first-order valence-corrected chi connectivity index (χ1v) is 8.18. The number of halogens is 1. The van der Waals surface area contributed by atoms with Gasteiger partial charge in [-0.05, 0) is 13.0 Å². The Morgan fingerprint density at radius 1 is 1.12 bits per heavy atom. The van der Waals surface area contributed by atoms with Gasteiger partial charge < -0.3 is 15.1 Å². The van der Waals surface area contributed by atoms with Crippen LogP contribution in [0.2, 0.25) is 0 Å². The highest BCUT2D eigenvalue weighted by atomic mass is 19.1. The van der Waals surface area contributed by atoms with Crippen molar-refractivity contribution < 1.29 is 24.2 Å². The lowest BCUT2D eigenvalue weighted by Crippen LogP contribution is -2.35. The highest BCUT2D eigenvalue weighted by Gasteiger charge is 2.47. The van der Waals surface area contributed by atoms with Crippen molar-refractivity contribution in [2.45, 2.75) is 19.1 Å². The van der Waals surface area contributed by atoms with E-state index in [2.05, 4.69) is 0 Å². The number of aliphatic hydroxyl groups is 2. The second kappa shape index (κ2) is 7.09. The number of β-amino-alcohol motifs (C(OH)–C–C–N with tert-alkyl or cyclic N) is 1. The van der Waals surface area contributed by atoms with Gasteiger partial charge in [0.25, 0.3) is 11.7 Å². The largest absolute Gasteiger partial charge is 0.507 e. The summed E-state index contributed by atoms with van der Waals surface area (Å²) in [4.78, 5) is 26.2. The normalized spacial score (nSPS) is 20.4. The van der Waals surface area contributed by atoms with Gasteiger partial charge in [-0.2, -0.15) is 0 Å². The van der Waals surface area contributed by atoms with Gasteiger partial charge in [0.2, 0.25) is 0 Å². The third kappa shape index (κ3) is 3.11. The number of hydrogen-bond donors (Lipinski definition) is 2. The third-order valence-corrected chi connectivity index (χ3v) is 4.25. The summed E-state index contributed by atoms with van der Waals surface area (Å²) in [7, 11) is 0. The molecule has 26 heavy (non-hydrogen) atoms. The summed E-state index contributed by atoms with van der Waals surface area (Å²) in [6, 6.07) is 13.0. The molecule has 2 aromatic carbocycles. The molecular weight excluding hydrogens is 337 g/mol. The molecule has 0 spiro atoms. The highest BCUT2D eigenvalue weighted by molar-refractivity contribution is 6.46. The minimum absolute atomic E-state index is 0.0878. The maximum atomic E-state index is 14.4. The number of aliphatic hydroxyl groups excluding tert-OH is 2. The molecule has 3 rings (SSSR count). The Balaban J connectivity index is 2.22. The molecule has 2 unspecified atom stereocenters. The molecule has 0 bridgehead atoms. The van der Waals surface area contributed by atoms with Gasteiger partial charge in [-0.1, -0.05) is 48.5 Å². The van der Waals surface area contributed by atoms with E-state index in [0.717, 1.165) is 4.90 Å². The highest BCUT2D eigenvalue weighted by Crippen LogP contribution is 2.40. The molecule has 0 aromatic heterocycles. The van der Waals surface area contributed by atoms with Crippen molar-refractivity contribution in [2.75, 3.05) is 6.54 Å². The summed E-state index contributed by atoms with van der Waals surface area (Å²) in [6.07, 6.45) is -0.917. The van der Waals surface area contributed by atoms with Crippen LogP contribution in [-0.2, 0) is 9.59 Å². The SMILES string of the molecule is CC(O)CN1C(=O)C(=O)C(=C(O)c2ccccc2)C1c1ccccc1F. The van der Waals surface area contributed by atoms with Crippen molar-refractivity contribution in [3.63, 3.8) is 0 Å². The van der Waals surface area contributed by atoms with Crippen molar-refractivity contribution in [1.82, 2.24) is 4.90 Å². The van der Waals surface area contributed by atoms with Crippen molar-refractivity contribution in [3.8, 4) is 0 Å². The molecule has 1 aliphatic heterocycles. The van der Waals surface area contributed by atoms with E-state index in [9.17, 15) is 24.2 Å². The Kier molecular flexibility index (Phi) is 4.86. The van der Waals surface area contributed by atoms with Crippen LogP contribution in [0.15, 0.2) is 60.2 Å². The lowest BCUT2D eigenvalue weighted by Gasteiger charge is -2.26. The van der Waals surface area contributed by atoms with Crippen molar-refractivity contribution in [3.05, 3.63) is 77.1 Å². The molecule has 5 nitrogen and oxygen atoms in total. The Hall–Kier alpha value is -2.99. The number of amides is 1. The van der Waals surface area contributed by atoms with Gasteiger partial charge in [-0.25, -0.2) is 4.39 Å². The molecule has 1 amide bonds. The van der Waals surface area contributed by atoms with E-state index in [1.165, 1.54) is 25.1 Å². The maximum Gasteiger partial charge on any atom is 0.295 e. The predicted molar refractivity (Wildman–Crippen MR) is 93.5 cm³/mol. The molecule has 2 aromatic rings. The van der Waals surface area contributed by atoms with Crippen molar-refractivity contribution in [2.24, 2.45) is 0 Å². The summed E-state index contributed by atoms with van der Waals surface area (Å²) < 4.78 is 14.4. The fraction of sp³-hybridized carbons (Fsp3) is 0.200. The van der Waals surface area contributed by atoms with Crippen LogP contribution in [0.25, 0.3) is 5.76 Å². The minimum Gasteiger partial charge on any atom is -0.507 e. The minimum atomic E-state index is -1.11. The first-order valence-electron chi connectivity index (χ1n) is 8.18. The molecule has 0 aliphatic carbocycles. The van der Waals surface area contributed by atoms with Gasteiger partial charge in [0.15, 0.2) is 0 Å². The Morgan fingerprint density at radius 2 is 1.73 bits per heavy atom. The molecule has 2 N–H and O–H groups in total. The van der Waals surface area contributed by atoms with Crippen LogP contribution in [0.1, 0.15) is 24.1 Å². The Morgan fingerprint density at radius 3 is 2.35 bits per heavy atom. The topological polar surface area (TPSA) is 77.8 Å². The molecule has 6 heteroatoms. The molecule has 2 atom stereocenters. The van der Waals surface area contributed by atoms with Gasteiger partial charge in [-0.3, -0.25) is 9.59 Å². The van der Waals surface area contributed by atoms with E-state index in [1.54, 1.807) is 36.4 Å². The number of rotatable bonds is 4. The van der Waals surface area contributed by atoms with Crippen LogP contribution < -0.4 is 0 Å². The zero-order chi connectivity index (χ0) is 18.8. The number of hydrogen-bond acceptors (Lipinski definition) is 4. The fourth-order valence-electron chi connectivity index (χ4n) is 3.12. The zero-order valence-electron chi connectivity index (χ0n) is 14.1. The molecular formula is C20H18FNO4. The summed E-state index contributed by atoms with van der Waals surface area (Å²) in [5.74, 6) is -2.75. The van der Waals surface area contributed by atoms with Gasteiger partial charge in [-0.15, -0.1) is 0 Å². The first kappa shape index (κ1) is 17.8. The van der Waals surface area contributed by atoms with Crippen LogP contribution >= 0.6 is 0 Å². The smallest absolute Gasteiger partial charge is 0.295 e. The van der Waals surface area contributed by atoms with E-state index in [-0.39, 0.29) is 23.4 Å². The van der Waals surface area contributed by atoms with E-state index >= 15 is 0 Å². The standard InChI is InChI=1S/C20H18FNO4/c1-12(23)11-22-17(14-9-5-6-10-15(14)21)16(19(25)20(22)26)18(24)13-7-3-2-4-8-13/h2-10,12,17,23-24H,11H2,1H3. The van der Waals surface area contributed by atoms with E-state index in [4.69, 9.17) is 0 Å². The van der Waals surface area contributed by atoms with Gasteiger partial charge in [0.1, 0.15) is 11.6 Å². The number of ketones is 1. The van der Waals surface area contributed by atoms with Crippen molar-refractivity contribution >= 4 is 17.4 Å². The van der Waals surface area contributed by atoms with Crippen LogP contribution in [-0.4, -0.2) is 39.5 Å². The summed E-state index contributed by atoms with van der Waals surface area (Å²) in [5.41, 5.74) is 0.251. The molecule has 1 fully saturated rings.